The molecule has 0 saturated carbocycles. The highest BCUT2D eigenvalue weighted by Gasteiger charge is 2.23. The largest absolute Gasteiger partial charge is 0.464 e. The molecule has 0 bridgehead atoms. The number of ether oxygens (including phenoxy) is 2. The maximum atomic E-state index is 5.40. The molecule has 112 valence electrons. The molecule has 0 aliphatic carbocycles. The van der Waals surface area contributed by atoms with Gasteiger partial charge in [-0.15, -0.1) is 0 Å². The number of hydrogen-bond donors (Lipinski definition) is 1. The molecular weight excluding hydrogens is 258 g/mol. The standard InChI is InChI=1S/C13H23N5O2/c1-4-20-13-16-11(14-2)15-12(17-13)18-7-5-6-10(8-18)9-19-3/h10H,4-9H2,1-3H3,(H,14,15,16,17). The van der Waals surface area contributed by atoms with E-state index in [0.29, 0.717) is 30.4 Å². The van der Waals surface area contributed by atoms with Crippen LogP contribution in [0.5, 0.6) is 6.01 Å². The van der Waals surface area contributed by atoms with Gasteiger partial charge in [-0.2, -0.15) is 15.0 Å². The van der Waals surface area contributed by atoms with Crippen LogP contribution in [-0.2, 0) is 4.74 Å². The number of hydrogen-bond acceptors (Lipinski definition) is 7. The van der Waals surface area contributed by atoms with Gasteiger partial charge in [0.15, 0.2) is 0 Å². The third kappa shape index (κ3) is 3.69. The lowest BCUT2D eigenvalue weighted by Crippen LogP contribution is -2.38. The fraction of sp³-hybridized carbons (Fsp3) is 0.769. The molecule has 2 heterocycles. The van der Waals surface area contributed by atoms with Crippen LogP contribution in [0.1, 0.15) is 19.8 Å². The van der Waals surface area contributed by atoms with Gasteiger partial charge in [0, 0.05) is 27.2 Å². The van der Waals surface area contributed by atoms with Crippen molar-refractivity contribution in [2.24, 2.45) is 5.92 Å². The lowest BCUT2D eigenvalue weighted by molar-refractivity contribution is 0.143. The molecule has 0 aromatic carbocycles. The van der Waals surface area contributed by atoms with Crippen LogP contribution in [-0.4, -0.2) is 55.4 Å². The second-order valence-electron chi connectivity index (χ2n) is 4.83. The molecule has 1 fully saturated rings. The van der Waals surface area contributed by atoms with Crippen molar-refractivity contribution in [2.45, 2.75) is 19.8 Å². The van der Waals surface area contributed by atoms with Gasteiger partial charge in [-0.3, -0.25) is 0 Å². The van der Waals surface area contributed by atoms with Gasteiger partial charge in [0.1, 0.15) is 0 Å². The summed E-state index contributed by atoms with van der Waals surface area (Å²) in [5.41, 5.74) is 0. The fourth-order valence-electron chi connectivity index (χ4n) is 2.41. The van der Waals surface area contributed by atoms with Crippen molar-refractivity contribution in [3.05, 3.63) is 0 Å². The van der Waals surface area contributed by atoms with E-state index in [0.717, 1.165) is 26.1 Å². The Labute approximate surface area is 119 Å². The van der Waals surface area contributed by atoms with E-state index in [1.807, 2.05) is 6.92 Å². The fourth-order valence-corrected chi connectivity index (χ4v) is 2.41. The van der Waals surface area contributed by atoms with E-state index in [4.69, 9.17) is 9.47 Å². The first-order valence-corrected chi connectivity index (χ1v) is 7.07. The van der Waals surface area contributed by atoms with Gasteiger partial charge in [0.2, 0.25) is 11.9 Å². The molecule has 1 saturated heterocycles. The molecule has 1 unspecified atom stereocenters. The molecule has 1 aliphatic rings. The van der Waals surface area contributed by atoms with E-state index in [1.165, 1.54) is 6.42 Å². The maximum Gasteiger partial charge on any atom is 0.323 e. The second-order valence-corrected chi connectivity index (χ2v) is 4.83. The molecule has 1 aliphatic heterocycles. The van der Waals surface area contributed by atoms with Crippen molar-refractivity contribution in [3.63, 3.8) is 0 Å². The van der Waals surface area contributed by atoms with Crippen LogP contribution in [0.3, 0.4) is 0 Å². The Morgan fingerprint density at radius 1 is 1.35 bits per heavy atom. The van der Waals surface area contributed by atoms with Gasteiger partial charge in [-0.05, 0) is 25.7 Å². The van der Waals surface area contributed by atoms with Crippen molar-refractivity contribution >= 4 is 11.9 Å². The van der Waals surface area contributed by atoms with Crippen molar-refractivity contribution in [1.82, 2.24) is 15.0 Å². The quantitative estimate of drug-likeness (QED) is 0.839. The van der Waals surface area contributed by atoms with Crippen molar-refractivity contribution in [3.8, 4) is 6.01 Å². The Balaban J connectivity index is 2.15. The molecule has 1 atom stereocenters. The molecule has 7 heteroatoms. The number of methoxy groups -OCH3 is 1. The van der Waals surface area contributed by atoms with Crippen molar-refractivity contribution < 1.29 is 9.47 Å². The third-order valence-corrected chi connectivity index (χ3v) is 3.30. The summed E-state index contributed by atoms with van der Waals surface area (Å²) in [6.07, 6.45) is 2.31. The highest BCUT2D eigenvalue weighted by atomic mass is 16.5. The molecule has 1 aromatic rings. The molecule has 2 rings (SSSR count). The number of aromatic nitrogens is 3. The van der Waals surface area contributed by atoms with Gasteiger partial charge in [-0.25, -0.2) is 0 Å². The number of anilines is 2. The van der Waals surface area contributed by atoms with Crippen LogP contribution in [0.2, 0.25) is 0 Å². The summed E-state index contributed by atoms with van der Waals surface area (Å²) < 4.78 is 10.7. The normalized spacial score (nSPS) is 18.9. The van der Waals surface area contributed by atoms with Crippen LogP contribution in [0.25, 0.3) is 0 Å². The molecule has 7 nitrogen and oxygen atoms in total. The van der Waals surface area contributed by atoms with Crippen molar-refractivity contribution in [2.75, 3.05) is 50.7 Å². The molecule has 1 aromatic heterocycles. The van der Waals surface area contributed by atoms with Gasteiger partial charge in [0.25, 0.3) is 0 Å². The Hall–Kier alpha value is -1.63. The summed E-state index contributed by atoms with van der Waals surface area (Å²) in [7, 11) is 3.53. The Bertz CT molecular complexity index is 427. The summed E-state index contributed by atoms with van der Waals surface area (Å²) in [4.78, 5) is 15.2. The monoisotopic (exact) mass is 281 g/mol. The summed E-state index contributed by atoms with van der Waals surface area (Å²) in [5.74, 6) is 1.74. The summed E-state index contributed by atoms with van der Waals surface area (Å²) in [6.45, 7) is 5.10. The molecule has 0 amide bonds. The molecule has 0 spiro atoms. The van der Waals surface area contributed by atoms with Gasteiger partial charge in [0.05, 0.1) is 13.2 Å². The highest BCUT2D eigenvalue weighted by molar-refractivity contribution is 5.38. The van der Waals surface area contributed by atoms with Crippen molar-refractivity contribution in [1.29, 1.82) is 0 Å². The maximum absolute atomic E-state index is 5.40. The molecule has 20 heavy (non-hydrogen) atoms. The van der Waals surface area contributed by atoms with Crippen LogP contribution >= 0.6 is 0 Å². The Kier molecular flexibility index (Phi) is 5.34. The molecular formula is C13H23N5O2. The number of nitrogens with one attached hydrogen (secondary N) is 1. The second kappa shape index (κ2) is 7.23. The van der Waals surface area contributed by atoms with Crippen LogP contribution in [0, 0.1) is 5.92 Å². The smallest absolute Gasteiger partial charge is 0.323 e. The molecule has 0 radical (unpaired) electrons. The lowest BCUT2D eigenvalue weighted by Gasteiger charge is -2.32. The van der Waals surface area contributed by atoms with E-state index in [1.54, 1.807) is 14.2 Å². The van der Waals surface area contributed by atoms with Gasteiger partial charge >= 0.3 is 6.01 Å². The van der Waals surface area contributed by atoms with E-state index >= 15 is 0 Å². The Morgan fingerprint density at radius 3 is 2.90 bits per heavy atom. The zero-order valence-electron chi connectivity index (χ0n) is 12.4. The average Bonchev–Trinajstić information content (AvgIpc) is 2.48. The third-order valence-electron chi connectivity index (χ3n) is 3.30. The van der Waals surface area contributed by atoms with Crippen LogP contribution in [0.4, 0.5) is 11.9 Å². The molecule has 1 N–H and O–H groups in total. The van der Waals surface area contributed by atoms with Gasteiger partial charge < -0.3 is 19.7 Å². The first-order chi connectivity index (χ1) is 9.76. The number of rotatable bonds is 6. The lowest BCUT2D eigenvalue weighted by atomic mass is 9.99. The van der Waals surface area contributed by atoms with E-state index in [9.17, 15) is 0 Å². The van der Waals surface area contributed by atoms with E-state index in [2.05, 4.69) is 25.2 Å². The minimum Gasteiger partial charge on any atom is -0.464 e. The van der Waals surface area contributed by atoms with Crippen LogP contribution in [0.15, 0.2) is 0 Å². The predicted molar refractivity (Wildman–Crippen MR) is 77.4 cm³/mol. The zero-order valence-corrected chi connectivity index (χ0v) is 12.4. The summed E-state index contributed by atoms with van der Waals surface area (Å²) in [5, 5.41) is 2.95. The first-order valence-electron chi connectivity index (χ1n) is 7.07. The minimum absolute atomic E-state index is 0.371. The average molecular weight is 281 g/mol. The van der Waals surface area contributed by atoms with Crippen LogP contribution < -0.4 is 15.0 Å². The number of nitrogens with zero attached hydrogens (tertiary/aromatic N) is 4. The summed E-state index contributed by atoms with van der Waals surface area (Å²) in [6, 6.07) is 0.371. The number of piperidine rings is 1. The highest BCUT2D eigenvalue weighted by Crippen LogP contribution is 2.22. The SMILES string of the molecule is CCOc1nc(NC)nc(N2CCCC(COC)C2)n1. The topological polar surface area (TPSA) is 72.4 Å². The zero-order chi connectivity index (χ0) is 14.4. The predicted octanol–water partition coefficient (Wildman–Crippen LogP) is 1.17. The van der Waals surface area contributed by atoms with E-state index in [-0.39, 0.29) is 0 Å². The minimum atomic E-state index is 0.371. The summed E-state index contributed by atoms with van der Waals surface area (Å²) >= 11 is 0. The first kappa shape index (κ1) is 14.8. The Morgan fingerprint density at radius 2 is 2.20 bits per heavy atom. The van der Waals surface area contributed by atoms with E-state index < -0.39 is 0 Å². The van der Waals surface area contributed by atoms with Gasteiger partial charge in [-0.1, -0.05) is 0 Å².